The van der Waals surface area contributed by atoms with Crippen molar-refractivity contribution in [1.82, 2.24) is 19.9 Å². The predicted molar refractivity (Wildman–Crippen MR) is 133 cm³/mol. The fourth-order valence-corrected chi connectivity index (χ4v) is 4.86. The summed E-state index contributed by atoms with van der Waals surface area (Å²) in [5.74, 6) is 0.882. The van der Waals surface area contributed by atoms with Crippen LogP contribution in [0.4, 0.5) is 6.01 Å². The Morgan fingerprint density at radius 1 is 1.21 bits per heavy atom. The topological polar surface area (TPSA) is 84.2 Å². The number of carbonyl (C=O) groups is 1. The molecule has 0 aliphatic carbocycles. The van der Waals surface area contributed by atoms with Crippen LogP contribution in [0, 0.1) is 12.8 Å². The molecule has 0 saturated carbocycles. The van der Waals surface area contributed by atoms with E-state index in [2.05, 4.69) is 27.2 Å². The number of benzene rings is 2. The monoisotopic (exact) mass is 475 g/mol. The standard InChI is InChI=1S/C26H26ClN5O2/c1-16-7-4-13-32(21(16)15-30-26-31-20-10-9-18(27)14-22(20)34-26)25(33)23-17(2)6-3-8-19(23)24-28-11-5-12-29-24/h3,5-6,8-12,14,16,21H,4,7,13,15H2,1-2H3,(H,30,31)/t16-,21-/m1/s1. The molecule has 174 valence electrons. The number of carbonyl (C=O) groups excluding carboxylic acids is 1. The summed E-state index contributed by atoms with van der Waals surface area (Å²) in [4.78, 5) is 29.2. The fraction of sp³-hybridized carbons (Fsp3) is 0.308. The van der Waals surface area contributed by atoms with Crippen molar-refractivity contribution in [2.75, 3.05) is 18.4 Å². The molecule has 0 bridgehead atoms. The molecule has 1 N–H and O–H groups in total. The summed E-state index contributed by atoms with van der Waals surface area (Å²) >= 11 is 6.07. The number of aromatic nitrogens is 3. The highest BCUT2D eigenvalue weighted by Crippen LogP contribution is 2.30. The van der Waals surface area contributed by atoms with Gasteiger partial charge in [0.25, 0.3) is 11.9 Å². The van der Waals surface area contributed by atoms with Gasteiger partial charge in [0.1, 0.15) is 5.52 Å². The smallest absolute Gasteiger partial charge is 0.295 e. The van der Waals surface area contributed by atoms with E-state index in [1.165, 1.54) is 0 Å². The zero-order chi connectivity index (χ0) is 23.7. The SMILES string of the molecule is Cc1cccc(-c2ncccn2)c1C(=O)N1CCC[C@@H](C)[C@H]1CNc1nc2ccc(Cl)cc2o1. The average molecular weight is 476 g/mol. The summed E-state index contributed by atoms with van der Waals surface area (Å²) in [5.41, 5.74) is 3.70. The Labute approximate surface area is 203 Å². The summed E-state index contributed by atoms with van der Waals surface area (Å²) in [7, 11) is 0. The van der Waals surface area contributed by atoms with E-state index >= 15 is 0 Å². The minimum atomic E-state index is -0.0102. The number of nitrogens with one attached hydrogen (secondary N) is 1. The molecule has 2 aromatic heterocycles. The number of oxazole rings is 1. The van der Waals surface area contributed by atoms with Crippen LogP contribution < -0.4 is 5.32 Å². The van der Waals surface area contributed by atoms with Gasteiger partial charge in [0.15, 0.2) is 11.4 Å². The molecule has 8 heteroatoms. The minimum absolute atomic E-state index is 0.00301. The predicted octanol–water partition coefficient (Wildman–Crippen LogP) is 5.60. The third kappa shape index (κ3) is 4.35. The first-order valence-corrected chi connectivity index (χ1v) is 11.9. The Balaban J connectivity index is 1.42. The van der Waals surface area contributed by atoms with Gasteiger partial charge in [0, 0.05) is 42.1 Å². The number of anilines is 1. The average Bonchev–Trinajstić information content (AvgIpc) is 3.25. The van der Waals surface area contributed by atoms with Crippen molar-refractivity contribution in [3.63, 3.8) is 0 Å². The van der Waals surface area contributed by atoms with Crippen molar-refractivity contribution in [1.29, 1.82) is 0 Å². The molecule has 7 nitrogen and oxygen atoms in total. The zero-order valence-electron chi connectivity index (χ0n) is 19.2. The van der Waals surface area contributed by atoms with E-state index in [-0.39, 0.29) is 11.9 Å². The highest BCUT2D eigenvalue weighted by atomic mass is 35.5. The van der Waals surface area contributed by atoms with Crippen LogP contribution in [0.3, 0.4) is 0 Å². The van der Waals surface area contributed by atoms with E-state index in [1.54, 1.807) is 30.6 Å². The lowest BCUT2D eigenvalue weighted by Gasteiger charge is -2.40. The zero-order valence-corrected chi connectivity index (χ0v) is 19.9. The molecule has 34 heavy (non-hydrogen) atoms. The molecule has 0 radical (unpaired) electrons. The second kappa shape index (κ2) is 9.43. The quantitative estimate of drug-likeness (QED) is 0.404. The van der Waals surface area contributed by atoms with E-state index < -0.39 is 0 Å². The second-order valence-corrected chi connectivity index (χ2v) is 9.20. The molecule has 1 saturated heterocycles. The van der Waals surface area contributed by atoms with Crippen LogP contribution in [0.15, 0.2) is 59.3 Å². The minimum Gasteiger partial charge on any atom is -0.424 e. The fourth-order valence-electron chi connectivity index (χ4n) is 4.70. The number of aryl methyl sites for hydroxylation is 1. The van der Waals surface area contributed by atoms with Gasteiger partial charge in [-0.25, -0.2) is 9.97 Å². The van der Waals surface area contributed by atoms with Crippen LogP contribution in [0.25, 0.3) is 22.5 Å². The first kappa shape index (κ1) is 22.3. The van der Waals surface area contributed by atoms with Gasteiger partial charge in [-0.05, 0) is 49.4 Å². The molecule has 2 aromatic carbocycles. The molecule has 4 aromatic rings. The van der Waals surface area contributed by atoms with E-state index in [0.29, 0.717) is 47.0 Å². The van der Waals surface area contributed by atoms with E-state index in [1.807, 2.05) is 36.1 Å². The second-order valence-electron chi connectivity index (χ2n) is 8.77. The third-order valence-corrected chi connectivity index (χ3v) is 6.72. The Hall–Kier alpha value is -3.45. The van der Waals surface area contributed by atoms with E-state index in [0.717, 1.165) is 29.5 Å². The largest absolute Gasteiger partial charge is 0.424 e. The van der Waals surface area contributed by atoms with Gasteiger partial charge in [0.2, 0.25) is 0 Å². The lowest BCUT2D eigenvalue weighted by atomic mass is 9.89. The van der Waals surface area contributed by atoms with E-state index in [4.69, 9.17) is 16.0 Å². The normalized spacial score (nSPS) is 18.3. The number of likely N-dealkylation sites (tertiary alicyclic amines) is 1. The molecular formula is C26H26ClN5O2. The van der Waals surface area contributed by atoms with Crippen LogP contribution >= 0.6 is 11.6 Å². The van der Waals surface area contributed by atoms with Crippen LogP contribution in [0.1, 0.15) is 35.7 Å². The number of hydrogen-bond donors (Lipinski definition) is 1. The lowest BCUT2D eigenvalue weighted by molar-refractivity contribution is 0.0539. The first-order chi connectivity index (χ1) is 16.5. The van der Waals surface area contributed by atoms with Crippen molar-refractivity contribution in [2.45, 2.75) is 32.7 Å². The molecule has 5 rings (SSSR count). The van der Waals surface area contributed by atoms with Crippen LogP contribution in [-0.2, 0) is 0 Å². The van der Waals surface area contributed by atoms with Crippen LogP contribution in [0.2, 0.25) is 5.02 Å². The number of fused-ring (bicyclic) bond motifs is 1. The van der Waals surface area contributed by atoms with Crippen molar-refractivity contribution >= 4 is 34.6 Å². The Kier molecular flexibility index (Phi) is 6.20. The number of piperidine rings is 1. The van der Waals surface area contributed by atoms with Crippen molar-refractivity contribution < 1.29 is 9.21 Å². The summed E-state index contributed by atoms with van der Waals surface area (Å²) in [6.07, 6.45) is 5.42. The maximum Gasteiger partial charge on any atom is 0.295 e. The molecule has 1 aliphatic heterocycles. The van der Waals surface area contributed by atoms with Gasteiger partial charge in [-0.1, -0.05) is 36.7 Å². The van der Waals surface area contributed by atoms with Crippen molar-refractivity contribution in [3.8, 4) is 11.4 Å². The summed E-state index contributed by atoms with van der Waals surface area (Å²) < 4.78 is 5.82. The molecule has 1 aliphatic rings. The molecule has 0 unspecified atom stereocenters. The van der Waals surface area contributed by atoms with Gasteiger partial charge in [-0.2, -0.15) is 4.98 Å². The molecule has 1 amide bonds. The number of rotatable bonds is 5. The summed E-state index contributed by atoms with van der Waals surface area (Å²) in [6.45, 7) is 5.39. The first-order valence-electron chi connectivity index (χ1n) is 11.5. The molecule has 3 heterocycles. The number of nitrogens with zero attached hydrogens (tertiary/aromatic N) is 4. The number of hydrogen-bond acceptors (Lipinski definition) is 6. The number of halogens is 1. The van der Waals surface area contributed by atoms with Gasteiger partial charge in [0.05, 0.1) is 11.6 Å². The molecule has 2 atom stereocenters. The maximum atomic E-state index is 13.9. The van der Waals surface area contributed by atoms with Gasteiger partial charge >= 0.3 is 0 Å². The van der Waals surface area contributed by atoms with Gasteiger partial charge in [-0.15, -0.1) is 0 Å². The van der Waals surface area contributed by atoms with Gasteiger partial charge < -0.3 is 14.6 Å². The highest BCUT2D eigenvalue weighted by molar-refractivity contribution is 6.31. The Morgan fingerprint density at radius 2 is 2.03 bits per heavy atom. The third-order valence-electron chi connectivity index (χ3n) is 6.48. The summed E-state index contributed by atoms with van der Waals surface area (Å²) in [6, 6.07) is 13.4. The molecular weight excluding hydrogens is 450 g/mol. The van der Waals surface area contributed by atoms with Crippen molar-refractivity contribution in [2.24, 2.45) is 5.92 Å². The van der Waals surface area contributed by atoms with Crippen LogP contribution in [0.5, 0.6) is 0 Å². The van der Waals surface area contributed by atoms with Gasteiger partial charge in [-0.3, -0.25) is 4.79 Å². The molecule has 1 fully saturated rings. The summed E-state index contributed by atoms with van der Waals surface area (Å²) in [5, 5.41) is 3.91. The maximum absolute atomic E-state index is 13.9. The van der Waals surface area contributed by atoms with Crippen molar-refractivity contribution in [3.05, 3.63) is 71.0 Å². The molecule has 0 spiro atoms. The lowest BCUT2D eigenvalue weighted by Crippen LogP contribution is -2.51. The van der Waals surface area contributed by atoms with Crippen LogP contribution in [-0.4, -0.2) is 44.9 Å². The number of amides is 1. The highest BCUT2D eigenvalue weighted by Gasteiger charge is 2.34. The Bertz CT molecular complexity index is 1320. The Morgan fingerprint density at radius 3 is 2.85 bits per heavy atom. The van der Waals surface area contributed by atoms with E-state index in [9.17, 15) is 4.79 Å².